The molecule has 0 aromatic rings. The summed E-state index contributed by atoms with van der Waals surface area (Å²) in [6.07, 6.45) is 2.12. The largest absolute Gasteiger partial charge is 0.361 e. The molecule has 1 saturated heterocycles. The highest BCUT2D eigenvalue weighted by Gasteiger charge is 2.49. The summed E-state index contributed by atoms with van der Waals surface area (Å²) in [5.41, 5.74) is 0. The van der Waals surface area contributed by atoms with E-state index in [-0.39, 0.29) is 6.10 Å². The first-order chi connectivity index (χ1) is 4.38. The van der Waals surface area contributed by atoms with Crippen molar-refractivity contribution in [2.75, 3.05) is 0 Å². The second-order valence-electron chi connectivity index (χ2n) is 2.10. The Labute approximate surface area is 54.5 Å². The van der Waals surface area contributed by atoms with Gasteiger partial charge >= 0.3 is 0 Å². The molecule has 0 aromatic carbocycles. The van der Waals surface area contributed by atoms with Crippen LogP contribution >= 0.6 is 0 Å². The number of ketones is 1. The molecule has 50 valence electrons. The molecule has 2 unspecified atom stereocenters. The molecule has 2 atom stereocenters. The van der Waals surface area contributed by atoms with E-state index in [0.717, 1.165) is 12.8 Å². The fourth-order valence-corrected chi connectivity index (χ4v) is 1.07. The van der Waals surface area contributed by atoms with Gasteiger partial charge in [-0.15, -0.1) is 13.2 Å². The van der Waals surface area contributed by atoms with Gasteiger partial charge in [0.25, 0.3) is 0 Å². The third-order valence-electron chi connectivity index (χ3n) is 1.58. The number of hydrogen-bond donors (Lipinski definition) is 0. The van der Waals surface area contributed by atoms with Crippen molar-refractivity contribution in [2.45, 2.75) is 25.0 Å². The highest BCUT2D eigenvalue weighted by atomic mass is 16.6. The van der Waals surface area contributed by atoms with Gasteiger partial charge in [0, 0.05) is 6.42 Å². The number of fused-ring (bicyclic) bond motifs is 1. The van der Waals surface area contributed by atoms with Crippen LogP contribution in [0.15, 0.2) is 13.2 Å². The summed E-state index contributed by atoms with van der Waals surface area (Å²) in [4.78, 5) is 10.5. The maximum atomic E-state index is 10.5. The quantitative estimate of drug-likeness (QED) is 0.357. The fraction of sp³-hybridized carbons (Fsp3) is 0.571. The van der Waals surface area contributed by atoms with Crippen LogP contribution in [0.2, 0.25) is 0 Å². The van der Waals surface area contributed by atoms with Crippen molar-refractivity contribution in [1.29, 1.82) is 0 Å². The highest BCUT2D eigenvalue weighted by molar-refractivity contribution is 5.88. The lowest BCUT2D eigenvalue weighted by molar-refractivity contribution is -0.119. The molecular weight excluding hydrogens is 116 g/mol. The number of Topliss-reactive ketones (excluding diaryl/α,β-unsaturated/α-hetero) is 1. The van der Waals surface area contributed by atoms with Crippen LogP contribution in [0.25, 0.3) is 0 Å². The van der Waals surface area contributed by atoms with E-state index in [1.807, 2.05) is 0 Å². The van der Waals surface area contributed by atoms with Crippen molar-refractivity contribution in [2.24, 2.45) is 0 Å². The summed E-state index contributed by atoms with van der Waals surface area (Å²) < 4.78 is 4.92. The van der Waals surface area contributed by atoms with Crippen LogP contribution in [-0.4, -0.2) is 18.0 Å². The second kappa shape index (κ2) is 2.31. The summed E-state index contributed by atoms with van der Waals surface area (Å²) in [7, 11) is 0. The molecule has 2 nitrogen and oxygen atoms in total. The van der Waals surface area contributed by atoms with Crippen LogP contribution in [0.1, 0.15) is 12.8 Å². The van der Waals surface area contributed by atoms with E-state index in [0.29, 0.717) is 11.9 Å². The maximum Gasteiger partial charge on any atom is 0.164 e. The van der Waals surface area contributed by atoms with E-state index in [1.54, 1.807) is 0 Å². The van der Waals surface area contributed by atoms with Crippen molar-refractivity contribution < 1.29 is 9.53 Å². The van der Waals surface area contributed by atoms with Crippen LogP contribution < -0.4 is 0 Å². The molecule has 2 heteroatoms. The molecule has 0 N–H and O–H groups in total. The summed E-state index contributed by atoms with van der Waals surface area (Å²) in [6, 6.07) is 0. The van der Waals surface area contributed by atoms with Crippen molar-refractivity contribution in [3.05, 3.63) is 13.2 Å². The molecule has 1 aliphatic heterocycles. The predicted molar refractivity (Wildman–Crippen MR) is 34.2 cm³/mol. The van der Waals surface area contributed by atoms with Crippen LogP contribution in [0, 0.1) is 0 Å². The molecule has 2 aliphatic rings. The van der Waals surface area contributed by atoms with Crippen LogP contribution in [-0.2, 0) is 9.53 Å². The second-order valence-corrected chi connectivity index (χ2v) is 2.10. The average Bonchev–Trinajstić information content (AvgIpc) is 2.61. The summed E-state index contributed by atoms with van der Waals surface area (Å²) in [6.45, 7) is 6.00. The van der Waals surface area contributed by atoms with Gasteiger partial charge in [0.05, 0.1) is 6.10 Å². The summed E-state index contributed by atoms with van der Waals surface area (Å²) >= 11 is 0. The minimum Gasteiger partial charge on any atom is -0.361 e. The number of rotatable bonds is 0. The molecule has 1 aliphatic carbocycles. The minimum atomic E-state index is 0.0417. The van der Waals surface area contributed by atoms with Gasteiger partial charge in [-0.25, -0.2) is 0 Å². The third kappa shape index (κ3) is 1.03. The van der Waals surface area contributed by atoms with E-state index < -0.39 is 0 Å². The van der Waals surface area contributed by atoms with Crippen LogP contribution in [0.5, 0.6) is 0 Å². The molecule has 0 bridgehead atoms. The predicted octanol–water partition coefficient (Wildman–Crippen LogP) is 0.919. The van der Waals surface area contributed by atoms with Crippen LogP contribution in [0.4, 0.5) is 0 Å². The SMILES string of the molecule is C=C.O=C1CCC2OC12. The number of carbonyl (C=O) groups excluding carboxylic acids is 1. The van der Waals surface area contributed by atoms with Gasteiger partial charge in [-0.2, -0.15) is 0 Å². The normalized spacial score (nSPS) is 36.7. The van der Waals surface area contributed by atoms with E-state index in [9.17, 15) is 4.79 Å². The van der Waals surface area contributed by atoms with Gasteiger partial charge in [-0.3, -0.25) is 4.79 Å². The van der Waals surface area contributed by atoms with Crippen molar-refractivity contribution in [3.8, 4) is 0 Å². The number of epoxide rings is 1. The van der Waals surface area contributed by atoms with Gasteiger partial charge in [0.15, 0.2) is 5.78 Å². The van der Waals surface area contributed by atoms with E-state index in [1.165, 1.54) is 0 Å². The Morgan fingerprint density at radius 3 is 2.33 bits per heavy atom. The Morgan fingerprint density at radius 1 is 1.56 bits per heavy atom. The maximum absolute atomic E-state index is 10.5. The standard InChI is InChI=1S/C5H6O2.C2H4/c6-3-1-2-4-5(3)7-4;1-2/h4-5H,1-2H2;1-2H2. The van der Waals surface area contributed by atoms with Gasteiger partial charge in [-0.1, -0.05) is 0 Å². The number of ether oxygens (including phenoxy) is 1. The Kier molecular flexibility index (Phi) is 1.67. The molecule has 0 amide bonds. The molecule has 1 heterocycles. The zero-order chi connectivity index (χ0) is 6.85. The fourth-order valence-electron chi connectivity index (χ4n) is 1.07. The van der Waals surface area contributed by atoms with E-state index >= 15 is 0 Å². The zero-order valence-electron chi connectivity index (χ0n) is 5.30. The van der Waals surface area contributed by atoms with Crippen LogP contribution in [0.3, 0.4) is 0 Å². The topological polar surface area (TPSA) is 29.6 Å². The Bertz CT molecular complexity index is 131. The summed E-state index contributed by atoms with van der Waals surface area (Å²) in [5.74, 6) is 0.310. The average molecular weight is 126 g/mol. The Morgan fingerprint density at radius 2 is 2.22 bits per heavy atom. The zero-order valence-corrected chi connectivity index (χ0v) is 5.30. The molecule has 9 heavy (non-hydrogen) atoms. The smallest absolute Gasteiger partial charge is 0.164 e. The number of carbonyl (C=O) groups is 1. The molecule has 2 fully saturated rings. The molecular formula is C7H10O2. The van der Waals surface area contributed by atoms with E-state index in [2.05, 4.69) is 13.2 Å². The first-order valence-corrected chi connectivity index (χ1v) is 3.06. The van der Waals surface area contributed by atoms with Gasteiger partial charge in [-0.05, 0) is 6.42 Å². The van der Waals surface area contributed by atoms with Crippen molar-refractivity contribution in [3.63, 3.8) is 0 Å². The molecule has 0 spiro atoms. The summed E-state index contributed by atoms with van der Waals surface area (Å²) in [5, 5.41) is 0. The highest BCUT2D eigenvalue weighted by Crippen LogP contribution is 2.35. The number of hydrogen-bond acceptors (Lipinski definition) is 2. The first-order valence-electron chi connectivity index (χ1n) is 3.06. The molecule has 1 saturated carbocycles. The minimum absolute atomic E-state index is 0.0417. The van der Waals surface area contributed by atoms with Crippen molar-refractivity contribution >= 4 is 5.78 Å². The van der Waals surface area contributed by atoms with Gasteiger partial charge in [0.1, 0.15) is 6.10 Å². The molecule has 0 radical (unpaired) electrons. The Balaban J connectivity index is 0.000000186. The monoisotopic (exact) mass is 126 g/mol. The lowest BCUT2D eigenvalue weighted by atomic mass is 10.3. The van der Waals surface area contributed by atoms with Gasteiger partial charge in [0.2, 0.25) is 0 Å². The van der Waals surface area contributed by atoms with E-state index in [4.69, 9.17) is 4.74 Å². The Hall–Kier alpha value is -0.630. The third-order valence-corrected chi connectivity index (χ3v) is 1.58. The molecule has 2 rings (SSSR count). The molecule has 0 aromatic heterocycles. The lowest BCUT2D eigenvalue weighted by Gasteiger charge is -1.82. The van der Waals surface area contributed by atoms with Gasteiger partial charge < -0.3 is 4.74 Å². The lowest BCUT2D eigenvalue weighted by Crippen LogP contribution is -1.98. The first kappa shape index (κ1) is 6.49. The van der Waals surface area contributed by atoms with Crippen molar-refractivity contribution in [1.82, 2.24) is 0 Å².